The van der Waals surface area contributed by atoms with Gasteiger partial charge >= 0.3 is 11.5 Å². The maximum absolute atomic E-state index is 11.4. The molecule has 0 bridgehead atoms. The van der Waals surface area contributed by atoms with E-state index in [1.165, 1.54) is 4.13 Å². The molecule has 0 amide bonds. The molecule has 0 aromatic heterocycles. The molecule has 0 heterocycles. The molecule has 13 heavy (non-hydrogen) atoms. The summed E-state index contributed by atoms with van der Waals surface area (Å²) in [6.45, 7) is 0. The minimum Gasteiger partial charge on any atom is -0.426 e. The molecule has 0 radical (unpaired) electrons. The largest absolute Gasteiger partial charge is 0.426 e. The number of rotatable bonds is 4. The number of hydrogen-bond donors (Lipinski definition) is 0. The van der Waals surface area contributed by atoms with Crippen LogP contribution in [0.15, 0.2) is 0 Å². The summed E-state index contributed by atoms with van der Waals surface area (Å²) in [6, 6.07) is 0. The zero-order chi connectivity index (χ0) is 10.9. The van der Waals surface area contributed by atoms with E-state index in [0.717, 1.165) is 0 Å². The Labute approximate surface area is 70.8 Å². The molecule has 0 aliphatic rings. The van der Waals surface area contributed by atoms with Crippen LogP contribution in [0.3, 0.4) is 0 Å². The lowest BCUT2D eigenvalue weighted by Gasteiger charge is -2.18. The van der Waals surface area contributed by atoms with Gasteiger partial charge in [-0.05, 0) is 0 Å². The Morgan fingerprint density at radius 1 is 0.769 bits per heavy atom. The fourth-order valence-electron chi connectivity index (χ4n) is 0.210. The second-order valence-corrected chi connectivity index (χ2v) is 4.99. The molecule has 0 fully saturated rings. The molecule has 0 rings (SSSR count). The summed E-state index contributed by atoms with van der Waals surface area (Å²) >= 11 is 0. The van der Waals surface area contributed by atoms with Crippen LogP contribution in [0.2, 0.25) is 0 Å². The molecular weight excluding hydrogens is 242 g/mol. The van der Waals surface area contributed by atoms with Gasteiger partial charge in [0.1, 0.15) is 20.0 Å². The standard InChI is InChI=1S/C2H2F4NO4S2/c3-1(4)12(8,9)7-13(10,11)2(5)6/h1-2H/q-1. The Morgan fingerprint density at radius 2 is 1.00 bits per heavy atom. The smallest absolute Gasteiger partial charge is 0.320 e. The van der Waals surface area contributed by atoms with Crippen molar-refractivity contribution in [2.45, 2.75) is 11.5 Å². The summed E-state index contributed by atoms with van der Waals surface area (Å²) in [5.41, 5.74) is 0. The van der Waals surface area contributed by atoms with Crippen LogP contribution in [-0.4, -0.2) is 28.4 Å². The zero-order valence-electron chi connectivity index (χ0n) is 5.56. The van der Waals surface area contributed by atoms with Gasteiger partial charge in [-0.2, -0.15) is 17.6 Å². The summed E-state index contributed by atoms with van der Waals surface area (Å²) < 4.78 is 87.1. The number of hydrogen-bond acceptors (Lipinski definition) is 4. The molecule has 0 saturated heterocycles. The molecule has 80 valence electrons. The van der Waals surface area contributed by atoms with E-state index in [-0.39, 0.29) is 0 Å². The third kappa shape index (κ3) is 3.44. The highest BCUT2D eigenvalue weighted by Gasteiger charge is 2.24. The molecule has 0 spiro atoms. The van der Waals surface area contributed by atoms with Gasteiger partial charge < -0.3 is 4.13 Å². The Bertz CT molecular complexity index is 322. The van der Waals surface area contributed by atoms with Gasteiger partial charge in [-0.25, -0.2) is 16.8 Å². The minimum absolute atomic E-state index is 1.38. The summed E-state index contributed by atoms with van der Waals surface area (Å²) in [5.74, 6) is -8.28. The van der Waals surface area contributed by atoms with Gasteiger partial charge in [-0.1, -0.05) is 0 Å². The number of alkyl halides is 4. The molecule has 0 aliphatic heterocycles. The monoisotopic (exact) mass is 244 g/mol. The third-order valence-corrected chi connectivity index (χ3v) is 3.22. The first kappa shape index (κ1) is 12.6. The van der Waals surface area contributed by atoms with Gasteiger partial charge in [0.2, 0.25) is 0 Å². The van der Waals surface area contributed by atoms with E-state index >= 15 is 0 Å². The van der Waals surface area contributed by atoms with E-state index in [4.69, 9.17) is 0 Å². The van der Waals surface area contributed by atoms with Gasteiger partial charge in [0.25, 0.3) is 0 Å². The minimum atomic E-state index is -5.68. The molecule has 0 atom stereocenters. The number of halogens is 4. The van der Waals surface area contributed by atoms with Crippen molar-refractivity contribution in [1.82, 2.24) is 0 Å². The topological polar surface area (TPSA) is 82.4 Å². The van der Waals surface area contributed by atoms with E-state index in [1.54, 1.807) is 0 Å². The number of sulfonamides is 2. The Balaban J connectivity index is 4.86. The maximum Gasteiger partial charge on any atom is 0.320 e. The van der Waals surface area contributed by atoms with Crippen molar-refractivity contribution in [3.63, 3.8) is 0 Å². The number of nitrogens with zero attached hydrogens (tertiary/aromatic N) is 1. The van der Waals surface area contributed by atoms with Crippen molar-refractivity contribution in [2.75, 3.05) is 0 Å². The van der Waals surface area contributed by atoms with Crippen molar-refractivity contribution in [3.8, 4) is 0 Å². The van der Waals surface area contributed by atoms with Gasteiger partial charge in [-0.3, -0.25) is 0 Å². The highest BCUT2D eigenvalue weighted by atomic mass is 32.3. The van der Waals surface area contributed by atoms with Crippen molar-refractivity contribution in [2.24, 2.45) is 0 Å². The van der Waals surface area contributed by atoms with E-state index in [9.17, 15) is 34.4 Å². The van der Waals surface area contributed by atoms with E-state index < -0.39 is 31.6 Å². The lowest BCUT2D eigenvalue weighted by Crippen LogP contribution is -2.18. The summed E-state index contributed by atoms with van der Waals surface area (Å²) in [6.07, 6.45) is 0. The normalized spacial score (nSPS) is 14.0. The fourth-order valence-corrected chi connectivity index (χ4v) is 1.89. The van der Waals surface area contributed by atoms with Crippen LogP contribution >= 0.6 is 0 Å². The predicted molar refractivity (Wildman–Crippen MR) is 33.2 cm³/mol. The van der Waals surface area contributed by atoms with Gasteiger partial charge in [0, 0.05) is 0 Å². The van der Waals surface area contributed by atoms with Crippen LogP contribution in [0.25, 0.3) is 4.13 Å². The van der Waals surface area contributed by atoms with Crippen molar-refractivity contribution < 1.29 is 34.4 Å². The fraction of sp³-hybridized carbons (Fsp3) is 1.00. The quantitative estimate of drug-likeness (QED) is 0.673. The Kier molecular flexibility index (Phi) is 3.63. The highest BCUT2D eigenvalue weighted by Crippen LogP contribution is 2.21. The first-order valence-electron chi connectivity index (χ1n) is 2.38. The average molecular weight is 244 g/mol. The molecular formula is C2H2F4NO4S2-. The van der Waals surface area contributed by atoms with E-state index in [2.05, 4.69) is 0 Å². The van der Waals surface area contributed by atoms with Crippen LogP contribution in [0.1, 0.15) is 0 Å². The highest BCUT2D eigenvalue weighted by molar-refractivity contribution is 8.12. The SMILES string of the molecule is O=S(=O)([N-]S(=O)(=O)C(F)F)C(F)F. The van der Waals surface area contributed by atoms with Crippen LogP contribution in [-0.2, 0) is 20.0 Å². The van der Waals surface area contributed by atoms with Crippen LogP contribution in [0, 0.1) is 0 Å². The lowest BCUT2D eigenvalue weighted by molar-refractivity contribution is 0.233. The van der Waals surface area contributed by atoms with E-state index in [1.807, 2.05) is 0 Å². The van der Waals surface area contributed by atoms with Gasteiger partial charge in [-0.15, -0.1) is 0 Å². The van der Waals surface area contributed by atoms with Gasteiger partial charge in [0.05, 0.1) is 0 Å². The van der Waals surface area contributed by atoms with Crippen molar-refractivity contribution in [1.29, 1.82) is 0 Å². The zero-order valence-corrected chi connectivity index (χ0v) is 7.20. The Hall–Kier alpha value is -0.420. The molecule has 0 unspecified atom stereocenters. The summed E-state index contributed by atoms with van der Waals surface area (Å²) in [4.78, 5) is 0. The molecule has 0 aliphatic carbocycles. The molecule has 0 saturated carbocycles. The lowest BCUT2D eigenvalue weighted by atomic mass is 11.7. The molecule has 0 aromatic carbocycles. The van der Waals surface area contributed by atoms with Crippen molar-refractivity contribution >= 4 is 20.0 Å². The first-order chi connectivity index (χ1) is 5.59. The molecule has 0 aromatic rings. The second-order valence-electron chi connectivity index (χ2n) is 1.63. The Morgan fingerprint density at radius 3 is 1.15 bits per heavy atom. The second kappa shape index (κ2) is 3.75. The van der Waals surface area contributed by atoms with E-state index in [0.29, 0.717) is 0 Å². The maximum atomic E-state index is 11.4. The van der Waals surface area contributed by atoms with Gasteiger partial charge in [0.15, 0.2) is 0 Å². The predicted octanol–water partition coefficient (Wildman–Crippen LogP) is 0.465. The van der Waals surface area contributed by atoms with Crippen LogP contribution in [0.4, 0.5) is 17.6 Å². The van der Waals surface area contributed by atoms with Crippen LogP contribution < -0.4 is 0 Å². The summed E-state index contributed by atoms with van der Waals surface area (Å²) in [5, 5.41) is 0. The molecule has 0 N–H and O–H groups in total. The summed E-state index contributed by atoms with van der Waals surface area (Å²) in [7, 11) is -11.4. The van der Waals surface area contributed by atoms with Crippen molar-refractivity contribution in [3.05, 3.63) is 4.13 Å². The molecule has 11 heteroatoms. The average Bonchev–Trinajstić information content (AvgIpc) is 1.83. The van der Waals surface area contributed by atoms with Crippen LogP contribution in [0.5, 0.6) is 0 Å². The molecule has 5 nitrogen and oxygen atoms in total. The first-order valence-corrected chi connectivity index (χ1v) is 5.38. The third-order valence-electron chi connectivity index (χ3n) is 0.658.